The second kappa shape index (κ2) is 6.31. The van der Waals surface area contributed by atoms with Gasteiger partial charge in [0, 0.05) is 37.8 Å². The van der Waals surface area contributed by atoms with Crippen LogP contribution in [0, 0.1) is 0 Å². The van der Waals surface area contributed by atoms with Crippen LogP contribution >= 0.6 is 0 Å². The maximum atomic E-state index is 12.1. The van der Waals surface area contributed by atoms with Crippen LogP contribution in [0.5, 0.6) is 0 Å². The topological polar surface area (TPSA) is 85.0 Å². The van der Waals surface area contributed by atoms with Gasteiger partial charge in [0.1, 0.15) is 0 Å². The first-order valence-electron chi connectivity index (χ1n) is 7.57. The van der Waals surface area contributed by atoms with Gasteiger partial charge in [0.15, 0.2) is 0 Å². The molecule has 0 aromatic carbocycles. The SMILES string of the molecule is Cn1nccc1CCC(=O)N[C@@H]1CC[C@@H](n2ccnc2)[C@@H]1O. The Hall–Kier alpha value is -2.15. The van der Waals surface area contributed by atoms with E-state index in [-0.39, 0.29) is 18.0 Å². The van der Waals surface area contributed by atoms with E-state index < -0.39 is 6.10 Å². The molecule has 0 bridgehead atoms. The minimum Gasteiger partial charge on any atom is -0.389 e. The number of aliphatic hydroxyl groups excluding tert-OH is 1. The standard InChI is InChI=1S/C15H21N5O2/c1-19-11(6-7-17-19)2-5-14(21)18-12-3-4-13(15(12)22)20-9-8-16-10-20/h6-10,12-13,15,22H,2-5H2,1H3,(H,18,21)/t12-,13-,15-/m1/s1. The van der Waals surface area contributed by atoms with Gasteiger partial charge in [0.05, 0.1) is 24.5 Å². The molecule has 1 amide bonds. The molecule has 3 rings (SSSR count). The highest BCUT2D eigenvalue weighted by atomic mass is 16.3. The third-order valence-electron chi connectivity index (χ3n) is 4.36. The lowest BCUT2D eigenvalue weighted by atomic mass is 10.1. The molecule has 2 aromatic heterocycles. The van der Waals surface area contributed by atoms with E-state index in [0.29, 0.717) is 12.8 Å². The molecule has 7 heteroatoms. The number of hydrogen-bond donors (Lipinski definition) is 2. The molecule has 1 fully saturated rings. The Morgan fingerprint density at radius 1 is 1.45 bits per heavy atom. The fourth-order valence-electron chi connectivity index (χ4n) is 3.08. The molecular formula is C15H21N5O2. The quantitative estimate of drug-likeness (QED) is 0.839. The molecule has 0 aliphatic heterocycles. The number of nitrogens with one attached hydrogen (secondary N) is 1. The molecule has 118 valence electrons. The van der Waals surface area contributed by atoms with E-state index in [1.54, 1.807) is 23.4 Å². The molecule has 22 heavy (non-hydrogen) atoms. The van der Waals surface area contributed by atoms with Crippen molar-refractivity contribution in [1.29, 1.82) is 0 Å². The summed E-state index contributed by atoms with van der Waals surface area (Å²) in [6.45, 7) is 0. The van der Waals surface area contributed by atoms with Crippen molar-refractivity contribution in [2.45, 2.75) is 43.9 Å². The number of aliphatic hydroxyl groups is 1. The van der Waals surface area contributed by atoms with Gasteiger partial charge in [-0.15, -0.1) is 0 Å². The van der Waals surface area contributed by atoms with Gasteiger partial charge < -0.3 is 15.0 Å². The lowest BCUT2D eigenvalue weighted by Crippen LogP contribution is -2.42. The zero-order valence-electron chi connectivity index (χ0n) is 12.6. The molecular weight excluding hydrogens is 282 g/mol. The summed E-state index contributed by atoms with van der Waals surface area (Å²) in [4.78, 5) is 16.1. The average Bonchev–Trinajstić information content (AvgIpc) is 3.21. The lowest BCUT2D eigenvalue weighted by Gasteiger charge is -2.21. The number of nitrogens with zero attached hydrogens (tertiary/aromatic N) is 4. The molecule has 3 atom stereocenters. The zero-order valence-corrected chi connectivity index (χ0v) is 12.6. The number of carbonyl (C=O) groups is 1. The van der Waals surface area contributed by atoms with Crippen molar-refractivity contribution in [3.8, 4) is 0 Å². The summed E-state index contributed by atoms with van der Waals surface area (Å²) in [7, 11) is 1.86. The van der Waals surface area contributed by atoms with E-state index in [0.717, 1.165) is 18.5 Å². The third-order valence-corrected chi connectivity index (χ3v) is 4.36. The molecule has 1 saturated carbocycles. The summed E-state index contributed by atoms with van der Waals surface area (Å²) in [6, 6.07) is 1.71. The first-order chi connectivity index (χ1) is 10.6. The Kier molecular flexibility index (Phi) is 4.24. The molecule has 0 spiro atoms. The average molecular weight is 303 g/mol. The van der Waals surface area contributed by atoms with Crippen LogP contribution in [0.3, 0.4) is 0 Å². The third kappa shape index (κ3) is 3.04. The smallest absolute Gasteiger partial charge is 0.220 e. The van der Waals surface area contributed by atoms with Crippen LogP contribution in [-0.2, 0) is 18.3 Å². The minimum absolute atomic E-state index is 0.00938. The normalized spacial score (nSPS) is 24.5. The summed E-state index contributed by atoms with van der Waals surface area (Å²) in [5, 5.41) is 17.4. The molecule has 0 unspecified atom stereocenters. The second-order valence-corrected chi connectivity index (χ2v) is 5.77. The Labute approximate surface area is 129 Å². The van der Waals surface area contributed by atoms with Crippen molar-refractivity contribution >= 4 is 5.91 Å². The summed E-state index contributed by atoms with van der Waals surface area (Å²) in [6.07, 6.45) is 9.08. The summed E-state index contributed by atoms with van der Waals surface area (Å²) in [5.41, 5.74) is 1.03. The van der Waals surface area contributed by atoms with Crippen molar-refractivity contribution in [1.82, 2.24) is 24.6 Å². The molecule has 2 heterocycles. The van der Waals surface area contributed by atoms with E-state index in [4.69, 9.17) is 0 Å². The molecule has 1 aliphatic carbocycles. The maximum absolute atomic E-state index is 12.1. The van der Waals surface area contributed by atoms with E-state index in [1.165, 1.54) is 0 Å². The predicted octanol–water partition coefficient (Wildman–Crippen LogP) is 0.430. The van der Waals surface area contributed by atoms with Crippen molar-refractivity contribution in [2.24, 2.45) is 7.05 Å². The van der Waals surface area contributed by atoms with Crippen LogP contribution in [0.25, 0.3) is 0 Å². The Morgan fingerprint density at radius 3 is 3.00 bits per heavy atom. The number of aryl methyl sites for hydroxylation is 2. The number of imidazole rings is 1. The molecule has 0 radical (unpaired) electrons. The van der Waals surface area contributed by atoms with Crippen LogP contribution in [-0.4, -0.2) is 42.5 Å². The van der Waals surface area contributed by atoms with E-state index >= 15 is 0 Å². The van der Waals surface area contributed by atoms with Crippen LogP contribution in [0.2, 0.25) is 0 Å². The van der Waals surface area contributed by atoms with E-state index in [2.05, 4.69) is 15.4 Å². The monoisotopic (exact) mass is 303 g/mol. The van der Waals surface area contributed by atoms with Gasteiger partial charge in [-0.25, -0.2) is 4.98 Å². The highest BCUT2D eigenvalue weighted by Crippen LogP contribution is 2.30. The summed E-state index contributed by atoms with van der Waals surface area (Å²) >= 11 is 0. The zero-order chi connectivity index (χ0) is 15.5. The predicted molar refractivity (Wildman–Crippen MR) is 80.0 cm³/mol. The van der Waals surface area contributed by atoms with Gasteiger partial charge in [-0.1, -0.05) is 0 Å². The fraction of sp³-hybridized carbons (Fsp3) is 0.533. The van der Waals surface area contributed by atoms with Crippen molar-refractivity contribution in [3.63, 3.8) is 0 Å². The maximum Gasteiger partial charge on any atom is 0.220 e. The van der Waals surface area contributed by atoms with Gasteiger partial charge in [0.25, 0.3) is 0 Å². The Balaban J connectivity index is 1.51. The van der Waals surface area contributed by atoms with Crippen LogP contribution < -0.4 is 5.32 Å². The van der Waals surface area contributed by atoms with E-state index in [9.17, 15) is 9.90 Å². The number of aromatic nitrogens is 4. The van der Waals surface area contributed by atoms with Gasteiger partial charge >= 0.3 is 0 Å². The molecule has 0 saturated heterocycles. The summed E-state index contributed by atoms with van der Waals surface area (Å²) < 4.78 is 3.68. The first-order valence-corrected chi connectivity index (χ1v) is 7.57. The van der Waals surface area contributed by atoms with Crippen molar-refractivity contribution < 1.29 is 9.90 Å². The Morgan fingerprint density at radius 2 is 2.32 bits per heavy atom. The lowest BCUT2D eigenvalue weighted by molar-refractivity contribution is -0.122. The fourth-order valence-corrected chi connectivity index (χ4v) is 3.08. The largest absolute Gasteiger partial charge is 0.389 e. The molecule has 2 N–H and O–H groups in total. The van der Waals surface area contributed by atoms with Gasteiger partial charge in [0.2, 0.25) is 5.91 Å². The highest BCUT2D eigenvalue weighted by molar-refractivity contribution is 5.76. The van der Waals surface area contributed by atoms with Crippen LogP contribution in [0.1, 0.15) is 31.0 Å². The van der Waals surface area contributed by atoms with E-state index in [1.807, 2.05) is 23.9 Å². The number of amides is 1. The second-order valence-electron chi connectivity index (χ2n) is 5.77. The van der Waals surface area contributed by atoms with Crippen LogP contribution in [0.15, 0.2) is 31.0 Å². The number of hydrogen-bond acceptors (Lipinski definition) is 4. The first kappa shape index (κ1) is 14.8. The van der Waals surface area contributed by atoms with Crippen molar-refractivity contribution in [3.05, 3.63) is 36.7 Å². The summed E-state index contributed by atoms with van der Waals surface area (Å²) in [5.74, 6) is -0.0310. The molecule has 1 aliphatic rings. The van der Waals surface area contributed by atoms with Crippen LogP contribution in [0.4, 0.5) is 0 Å². The van der Waals surface area contributed by atoms with Gasteiger partial charge in [-0.05, 0) is 25.3 Å². The van der Waals surface area contributed by atoms with Gasteiger partial charge in [-0.2, -0.15) is 5.10 Å². The molecule has 2 aromatic rings. The Bertz CT molecular complexity index is 622. The minimum atomic E-state index is -0.574. The molecule has 7 nitrogen and oxygen atoms in total. The van der Waals surface area contributed by atoms with Crippen molar-refractivity contribution in [2.75, 3.05) is 0 Å². The highest BCUT2D eigenvalue weighted by Gasteiger charge is 2.36. The number of rotatable bonds is 5. The number of carbonyl (C=O) groups excluding carboxylic acids is 1. The van der Waals surface area contributed by atoms with Gasteiger partial charge in [-0.3, -0.25) is 9.48 Å².